The predicted octanol–water partition coefficient (Wildman–Crippen LogP) is 2.21. The fraction of sp³-hybridized carbons (Fsp3) is 0.538. The van der Waals surface area contributed by atoms with E-state index in [0.29, 0.717) is 23.9 Å². The molecule has 0 bridgehead atoms. The van der Waals surface area contributed by atoms with E-state index < -0.39 is 0 Å². The predicted molar refractivity (Wildman–Crippen MR) is 67.9 cm³/mol. The number of para-hydroxylation sites is 1. The molecule has 17 heavy (non-hydrogen) atoms. The van der Waals surface area contributed by atoms with Crippen LogP contribution in [0.1, 0.15) is 20.3 Å². The molecule has 0 radical (unpaired) electrons. The molecule has 0 amide bonds. The molecule has 1 aromatic carbocycles. The van der Waals surface area contributed by atoms with Crippen molar-refractivity contribution in [3.63, 3.8) is 0 Å². The molecule has 0 aliphatic heterocycles. The summed E-state index contributed by atoms with van der Waals surface area (Å²) in [5.74, 6) is 1.96. The molecule has 96 valence electrons. The van der Waals surface area contributed by atoms with Crippen LogP contribution in [0.3, 0.4) is 0 Å². The summed E-state index contributed by atoms with van der Waals surface area (Å²) in [5, 5.41) is 0. The molecule has 0 aliphatic carbocycles. The number of rotatable bonds is 6. The zero-order valence-corrected chi connectivity index (χ0v) is 10.9. The summed E-state index contributed by atoms with van der Waals surface area (Å²) in [7, 11) is 3.21. The first kappa shape index (κ1) is 13.6. The minimum Gasteiger partial charge on any atom is -0.493 e. The highest BCUT2D eigenvalue weighted by Crippen LogP contribution is 2.36. The van der Waals surface area contributed by atoms with E-state index in [9.17, 15) is 0 Å². The Morgan fingerprint density at radius 2 is 1.65 bits per heavy atom. The monoisotopic (exact) mass is 239 g/mol. The first-order chi connectivity index (χ1) is 7.98. The molecule has 0 aliphatic rings. The quantitative estimate of drug-likeness (QED) is 0.827. The van der Waals surface area contributed by atoms with Crippen LogP contribution < -0.4 is 19.9 Å². The van der Waals surface area contributed by atoms with Gasteiger partial charge in [-0.05, 0) is 32.4 Å². The van der Waals surface area contributed by atoms with Gasteiger partial charge >= 0.3 is 0 Å². The first-order valence-corrected chi connectivity index (χ1v) is 5.60. The fourth-order valence-corrected chi connectivity index (χ4v) is 1.38. The Kier molecular flexibility index (Phi) is 4.63. The highest BCUT2D eigenvalue weighted by atomic mass is 16.5. The fourth-order valence-electron chi connectivity index (χ4n) is 1.38. The largest absolute Gasteiger partial charge is 0.493 e. The average Bonchev–Trinajstić information content (AvgIpc) is 2.27. The molecule has 4 heteroatoms. The van der Waals surface area contributed by atoms with E-state index in [2.05, 4.69) is 0 Å². The number of hydrogen-bond acceptors (Lipinski definition) is 4. The van der Waals surface area contributed by atoms with Crippen molar-refractivity contribution in [2.45, 2.75) is 25.8 Å². The molecule has 1 rings (SSSR count). The zero-order valence-electron chi connectivity index (χ0n) is 10.9. The maximum absolute atomic E-state index is 5.90. The number of nitrogens with two attached hydrogens (primary N) is 1. The summed E-state index contributed by atoms with van der Waals surface area (Å²) in [6.07, 6.45) is 0.758. The van der Waals surface area contributed by atoms with E-state index in [-0.39, 0.29) is 5.54 Å². The van der Waals surface area contributed by atoms with Crippen LogP contribution in [0.2, 0.25) is 0 Å². The lowest BCUT2D eigenvalue weighted by atomic mass is 10.0. The van der Waals surface area contributed by atoms with Crippen molar-refractivity contribution in [1.82, 2.24) is 0 Å². The first-order valence-electron chi connectivity index (χ1n) is 5.60. The van der Waals surface area contributed by atoms with Gasteiger partial charge < -0.3 is 19.9 Å². The topological polar surface area (TPSA) is 53.7 Å². The maximum atomic E-state index is 5.90. The molecule has 0 aromatic heterocycles. The van der Waals surface area contributed by atoms with Gasteiger partial charge in [0.15, 0.2) is 11.5 Å². The number of ether oxygens (including phenoxy) is 3. The van der Waals surface area contributed by atoms with Crippen LogP contribution in [-0.4, -0.2) is 26.4 Å². The number of hydrogen-bond donors (Lipinski definition) is 1. The van der Waals surface area contributed by atoms with E-state index >= 15 is 0 Å². The van der Waals surface area contributed by atoms with E-state index in [1.807, 2.05) is 32.0 Å². The van der Waals surface area contributed by atoms with Gasteiger partial charge in [0.05, 0.1) is 20.8 Å². The van der Waals surface area contributed by atoms with Crippen LogP contribution in [0.25, 0.3) is 0 Å². The Balaban J connectivity index is 2.74. The molecular formula is C13H21NO3. The molecule has 0 saturated carbocycles. The van der Waals surface area contributed by atoms with Gasteiger partial charge in [0.1, 0.15) is 0 Å². The third kappa shape index (κ3) is 4.15. The van der Waals surface area contributed by atoms with Crippen LogP contribution in [0.15, 0.2) is 18.2 Å². The summed E-state index contributed by atoms with van der Waals surface area (Å²) in [6, 6.07) is 5.54. The van der Waals surface area contributed by atoms with Crippen molar-refractivity contribution >= 4 is 0 Å². The summed E-state index contributed by atoms with van der Waals surface area (Å²) in [5.41, 5.74) is 5.66. The van der Waals surface area contributed by atoms with Crippen LogP contribution in [0.4, 0.5) is 0 Å². The Morgan fingerprint density at radius 3 is 2.06 bits per heavy atom. The SMILES string of the molecule is COc1cccc(OC)c1OCCC(C)(C)N. The van der Waals surface area contributed by atoms with Gasteiger partial charge in [-0.2, -0.15) is 0 Å². The van der Waals surface area contributed by atoms with Gasteiger partial charge in [0.25, 0.3) is 0 Å². The molecule has 0 spiro atoms. The van der Waals surface area contributed by atoms with E-state index in [1.54, 1.807) is 14.2 Å². The van der Waals surface area contributed by atoms with Crippen molar-refractivity contribution in [2.75, 3.05) is 20.8 Å². The highest BCUT2D eigenvalue weighted by molar-refractivity contribution is 5.51. The molecule has 4 nitrogen and oxygen atoms in total. The molecular weight excluding hydrogens is 218 g/mol. The summed E-state index contributed by atoms with van der Waals surface area (Å²) >= 11 is 0. The van der Waals surface area contributed by atoms with Gasteiger partial charge in [-0.15, -0.1) is 0 Å². The summed E-state index contributed by atoms with van der Waals surface area (Å²) < 4.78 is 16.2. The minimum absolute atomic E-state index is 0.241. The van der Waals surface area contributed by atoms with E-state index in [0.717, 1.165) is 6.42 Å². The Morgan fingerprint density at radius 1 is 1.12 bits per heavy atom. The van der Waals surface area contributed by atoms with Crippen LogP contribution in [-0.2, 0) is 0 Å². The van der Waals surface area contributed by atoms with Crippen molar-refractivity contribution < 1.29 is 14.2 Å². The second-order valence-corrected chi connectivity index (χ2v) is 4.58. The van der Waals surface area contributed by atoms with Gasteiger partial charge in [-0.3, -0.25) is 0 Å². The van der Waals surface area contributed by atoms with Crippen molar-refractivity contribution in [2.24, 2.45) is 5.73 Å². The molecule has 0 unspecified atom stereocenters. The number of benzene rings is 1. The van der Waals surface area contributed by atoms with Gasteiger partial charge in [-0.25, -0.2) is 0 Å². The molecule has 0 saturated heterocycles. The van der Waals surface area contributed by atoms with Gasteiger partial charge in [0, 0.05) is 5.54 Å². The molecule has 0 atom stereocenters. The summed E-state index contributed by atoms with van der Waals surface area (Å²) in [6.45, 7) is 4.46. The van der Waals surface area contributed by atoms with Crippen LogP contribution in [0.5, 0.6) is 17.2 Å². The third-order valence-corrected chi connectivity index (χ3v) is 2.38. The van der Waals surface area contributed by atoms with Crippen molar-refractivity contribution in [3.8, 4) is 17.2 Å². The normalized spacial score (nSPS) is 11.1. The van der Waals surface area contributed by atoms with Gasteiger partial charge in [0.2, 0.25) is 5.75 Å². The molecule has 1 aromatic rings. The van der Waals surface area contributed by atoms with Crippen molar-refractivity contribution in [1.29, 1.82) is 0 Å². The van der Waals surface area contributed by atoms with Crippen LogP contribution >= 0.6 is 0 Å². The lowest BCUT2D eigenvalue weighted by Gasteiger charge is -2.20. The number of methoxy groups -OCH3 is 2. The second kappa shape index (κ2) is 5.77. The minimum atomic E-state index is -0.241. The smallest absolute Gasteiger partial charge is 0.203 e. The summed E-state index contributed by atoms with van der Waals surface area (Å²) in [4.78, 5) is 0. The highest BCUT2D eigenvalue weighted by Gasteiger charge is 2.14. The van der Waals surface area contributed by atoms with Crippen LogP contribution in [0, 0.1) is 0 Å². The Labute approximate surface area is 103 Å². The lowest BCUT2D eigenvalue weighted by Crippen LogP contribution is -2.33. The molecule has 0 fully saturated rings. The van der Waals surface area contributed by atoms with E-state index in [4.69, 9.17) is 19.9 Å². The molecule has 2 N–H and O–H groups in total. The third-order valence-electron chi connectivity index (χ3n) is 2.38. The Bertz CT molecular complexity index is 336. The van der Waals surface area contributed by atoms with E-state index in [1.165, 1.54) is 0 Å². The average molecular weight is 239 g/mol. The second-order valence-electron chi connectivity index (χ2n) is 4.58. The molecule has 0 heterocycles. The lowest BCUT2D eigenvalue weighted by molar-refractivity contribution is 0.248. The van der Waals surface area contributed by atoms with Gasteiger partial charge in [-0.1, -0.05) is 6.07 Å². The standard InChI is InChI=1S/C13H21NO3/c1-13(2,14)8-9-17-12-10(15-3)6-5-7-11(12)16-4/h5-7H,8-9,14H2,1-4H3. The zero-order chi connectivity index (χ0) is 12.9. The maximum Gasteiger partial charge on any atom is 0.203 e. The van der Waals surface area contributed by atoms with Crippen molar-refractivity contribution in [3.05, 3.63) is 18.2 Å². The Hall–Kier alpha value is -1.42.